The Kier molecular flexibility index (Phi) is 5.79. The molecule has 0 bridgehead atoms. The topological polar surface area (TPSA) is 58.6 Å². The summed E-state index contributed by atoms with van der Waals surface area (Å²) in [6.07, 6.45) is -0.314. The Balaban J connectivity index is 4.24. The fraction of sp³-hybridized carbons (Fsp3) is 0.917. The molecular weight excluding hydrogens is 206 g/mol. The molecule has 0 aromatic heterocycles. The molecular formula is C12H25NO3. The minimum atomic E-state index is -0.574. The number of carbonyl (C=O) groups excluding carboxylic acids is 1. The number of hydrogen-bond donors (Lipinski definition) is 2. The Bertz CT molecular complexity index is 219. The lowest BCUT2D eigenvalue weighted by Gasteiger charge is -2.26. The molecule has 0 aliphatic carbocycles. The van der Waals surface area contributed by atoms with Crippen molar-refractivity contribution in [2.45, 2.75) is 65.7 Å². The van der Waals surface area contributed by atoms with E-state index in [-0.39, 0.29) is 6.04 Å². The zero-order valence-corrected chi connectivity index (χ0v) is 11.2. The van der Waals surface area contributed by atoms with Crippen LogP contribution in [0.25, 0.3) is 0 Å². The molecule has 0 saturated heterocycles. The number of ether oxygens (including phenoxy) is 1. The second-order valence-electron chi connectivity index (χ2n) is 5.62. The fourth-order valence-corrected chi connectivity index (χ4v) is 1.34. The minimum absolute atomic E-state index is 0.255. The highest BCUT2D eigenvalue weighted by atomic mass is 16.6. The minimum Gasteiger partial charge on any atom is -0.444 e. The number of rotatable bonds is 4. The Labute approximate surface area is 98.4 Å². The van der Waals surface area contributed by atoms with E-state index in [0.717, 1.165) is 6.42 Å². The van der Waals surface area contributed by atoms with E-state index in [0.29, 0.717) is 5.92 Å². The van der Waals surface area contributed by atoms with Gasteiger partial charge in [-0.3, -0.25) is 0 Å². The smallest absolute Gasteiger partial charge is 0.407 e. The number of amides is 1. The van der Waals surface area contributed by atoms with Crippen molar-refractivity contribution in [3.63, 3.8) is 0 Å². The molecule has 4 nitrogen and oxygen atoms in total. The molecule has 0 aromatic rings. The van der Waals surface area contributed by atoms with Crippen LogP contribution in [0.15, 0.2) is 0 Å². The second-order valence-corrected chi connectivity index (χ2v) is 5.62. The van der Waals surface area contributed by atoms with E-state index in [2.05, 4.69) is 5.32 Å². The van der Waals surface area contributed by atoms with Crippen molar-refractivity contribution in [3.8, 4) is 0 Å². The molecule has 2 N–H and O–H groups in total. The third-order valence-electron chi connectivity index (χ3n) is 2.01. The number of alkyl carbamates (subject to hydrolysis) is 1. The Hall–Kier alpha value is -0.770. The van der Waals surface area contributed by atoms with E-state index in [9.17, 15) is 9.90 Å². The van der Waals surface area contributed by atoms with Crippen molar-refractivity contribution in [1.82, 2.24) is 5.32 Å². The molecule has 4 heteroatoms. The van der Waals surface area contributed by atoms with Crippen LogP contribution in [0, 0.1) is 5.92 Å². The summed E-state index contributed by atoms with van der Waals surface area (Å²) in [6.45, 7) is 11.2. The van der Waals surface area contributed by atoms with E-state index in [1.807, 2.05) is 34.6 Å². The van der Waals surface area contributed by atoms with Crippen LogP contribution in [0.3, 0.4) is 0 Å². The summed E-state index contributed by atoms with van der Waals surface area (Å²) >= 11 is 0. The SMILES string of the molecule is CC(C)C[C@H](NC(=O)OC(C)(C)C)C(C)O. The van der Waals surface area contributed by atoms with Gasteiger partial charge in [-0.15, -0.1) is 0 Å². The van der Waals surface area contributed by atoms with Crippen molar-refractivity contribution >= 4 is 6.09 Å². The molecule has 16 heavy (non-hydrogen) atoms. The largest absolute Gasteiger partial charge is 0.444 e. The third-order valence-corrected chi connectivity index (χ3v) is 2.01. The van der Waals surface area contributed by atoms with Crippen molar-refractivity contribution in [2.75, 3.05) is 0 Å². The molecule has 96 valence electrons. The molecule has 1 amide bonds. The van der Waals surface area contributed by atoms with Crippen LogP contribution in [-0.2, 0) is 4.74 Å². The van der Waals surface area contributed by atoms with Gasteiger partial charge in [0, 0.05) is 0 Å². The second kappa shape index (κ2) is 6.09. The Morgan fingerprint density at radius 3 is 2.12 bits per heavy atom. The quantitative estimate of drug-likeness (QED) is 0.780. The zero-order chi connectivity index (χ0) is 12.9. The molecule has 0 aliphatic rings. The van der Waals surface area contributed by atoms with Crippen molar-refractivity contribution in [2.24, 2.45) is 5.92 Å². The fourth-order valence-electron chi connectivity index (χ4n) is 1.34. The first-order chi connectivity index (χ1) is 7.11. The highest BCUT2D eigenvalue weighted by molar-refractivity contribution is 5.68. The van der Waals surface area contributed by atoms with Gasteiger partial charge in [-0.2, -0.15) is 0 Å². The van der Waals surface area contributed by atoms with Gasteiger partial charge in [0.15, 0.2) is 0 Å². The molecule has 0 radical (unpaired) electrons. The lowest BCUT2D eigenvalue weighted by Crippen LogP contribution is -2.45. The first-order valence-corrected chi connectivity index (χ1v) is 5.79. The standard InChI is InChI=1S/C12H25NO3/c1-8(2)7-10(9(3)14)13-11(15)16-12(4,5)6/h8-10,14H,7H2,1-6H3,(H,13,15)/t9?,10-/m0/s1. The molecule has 0 aliphatic heterocycles. The summed E-state index contributed by atoms with van der Waals surface area (Å²) < 4.78 is 5.14. The lowest BCUT2D eigenvalue weighted by atomic mass is 10.0. The van der Waals surface area contributed by atoms with Crippen molar-refractivity contribution in [3.05, 3.63) is 0 Å². The van der Waals surface area contributed by atoms with Crippen LogP contribution < -0.4 is 5.32 Å². The van der Waals surface area contributed by atoms with Crippen LogP contribution >= 0.6 is 0 Å². The maximum atomic E-state index is 11.5. The van der Waals surface area contributed by atoms with Gasteiger partial charge in [0.1, 0.15) is 5.60 Å². The van der Waals surface area contributed by atoms with E-state index in [1.54, 1.807) is 6.92 Å². The summed E-state index contributed by atoms with van der Waals surface area (Å²) in [6, 6.07) is -0.255. The van der Waals surface area contributed by atoms with Crippen LogP contribution in [0.2, 0.25) is 0 Å². The van der Waals surface area contributed by atoms with Gasteiger partial charge >= 0.3 is 6.09 Å². The van der Waals surface area contributed by atoms with Gasteiger partial charge in [0.25, 0.3) is 0 Å². The van der Waals surface area contributed by atoms with Gasteiger partial charge in [0.05, 0.1) is 12.1 Å². The van der Waals surface area contributed by atoms with Gasteiger partial charge < -0.3 is 15.2 Å². The van der Waals surface area contributed by atoms with E-state index < -0.39 is 17.8 Å². The van der Waals surface area contributed by atoms with Crippen molar-refractivity contribution in [1.29, 1.82) is 0 Å². The number of carbonyl (C=O) groups is 1. The van der Waals surface area contributed by atoms with Gasteiger partial charge in [-0.1, -0.05) is 13.8 Å². The number of aliphatic hydroxyl groups is 1. The molecule has 0 heterocycles. The normalized spacial score (nSPS) is 15.8. The highest BCUT2D eigenvalue weighted by Crippen LogP contribution is 2.11. The molecule has 0 saturated carbocycles. The summed E-state index contributed by atoms with van der Waals surface area (Å²) in [5, 5.41) is 12.2. The molecule has 0 fully saturated rings. The molecule has 0 spiro atoms. The average molecular weight is 231 g/mol. The first kappa shape index (κ1) is 15.2. The van der Waals surface area contributed by atoms with Gasteiger partial charge in [-0.05, 0) is 40.0 Å². The lowest BCUT2D eigenvalue weighted by molar-refractivity contribution is 0.0422. The average Bonchev–Trinajstić information content (AvgIpc) is 1.97. The summed E-state index contributed by atoms with van der Waals surface area (Å²) in [5.41, 5.74) is -0.509. The maximum Gasteiger partial charge on any atom is 0.407 e. The number of aliphatic hydroxyl groups excluding tert-OH is 1. The zero-order valence-electron chi connectivity index (χ0n) is 11.2. The predicted molar refractivity (Wildman–Crippen MR) is 64.3 cm³/mol. The summed E-state index contributed by atoms with van der Waals surface area (Å²) in [5.74, 6) is 0.412. The first-order valence-electron chi connectivity index (χ1n) is 5.79. The van der Waals surface area contributed by atoms with E-state index in [1.165, 1.54) is 0 Å². The van der Waals surface area contributed by atoms with Crippen LogP contribution in [0.4, 0.5) is 4.79 Å². The monoisotopic (exact) mass is 231 g/mol. The number of hydrogen-bond acceptors (Lipinski definition) is 3. The predicted octanol–water partition coefficient (Wildman–Crippen LogP) is 2.31. The van der Waals surface area contributed by atoms with E-state index >= 15 is 0 Å². The Morgan fingerprint density at radius 2 is 1.81 bits per heavy atom. The van der Waals surface area contributed by atoms with Crippen LogP contribution in [-0.4, -0.2) is 28.9 Å². The van der Waals surface area contributed by atoms with Crippen LogP contribution in [0.5, 0.6) is 0 Å². The van der Waals surface area contributed by atoms with Gasteiger partial charge in [0.2, 0.25) is 0 Å². The third kappa shape index (κ3) is 7.51. The Morgan fingerprint density at radius 1 is 1.31 bits per heavy atom. The molecule has 2 atom stereocenters. The van der Waals surface area contributed by atoms with Crippen LogP contribution in [0.1, 0.15) is 48.0 Å². The maximum absolute atomic E-state index is 11.5. The van der Waals surface area contributed by atoms with Crippen molar-refractivity contribution < 1.29 is 14.6 Å². The van der Waals surface area contributed by atoms with Gasteiger partial charge in [-0.25, -0.2) is 4.79 Å². The van der Waals surface area contributed by atoms with E-state index in [4.69, 9.17) is 4.74 Å². The summed E-state index contributed by atoms with van der Waals surface area (Å²) in [7, 11) is 0. The summed E-state index contributed by atoms with van der Waals surface area (Å²) in [4.78, 5) is 11.5. The highest BCUT2D eigenvalue weighted by Gasteiger charge is 2.22. The molecule has 0 rings (SSSR count). The number of nitrogens with one attached hydrogen (secondary N) is 1. The molecule has 1 unspecified atom stereocenters. The molecule has 0 aromatic carbocycles.